The van der Waals surface area contributed by atoms with E-state index in [0.29, 0.717) is 12.0 Å². The molecule has 0 saturated heterocycles. The van der Waals surface area contributed by atoms with Crippen molar-refractivity contribution in [2.24, 2.45) is 0 Å². The second kappa shape index (κ2) is 8.70. The lowest BCUT2D eigenvalue weighted by atomic mass is 10.2. The van der Waals surface area contributed by atoms with Gasteiger partial charge in [0, 0.05) is 11.4 Å². The third kappa shape index (κ3) is 4.97. The van der Waals surface area contributed by atoms with Gasteiger partial charge >= 0.3 is 0 Å². The molecule has 0 aliphatic carbocycles. The lowest BCUT2D eigenvalue weighted by Gasteiger charge is -2.14. The smallest absolute Gasteiger partial charge is 0.166 e. The molecule has 0 radical (unpaired) electrons. The molecule has 0 aliphatic rings. The van der Waals surface area contributed by atoms with Gasteiger partial charge in [-0.1, -0.05) is 59.6 Å². The van der Waals surface area contributed by atoms with Crippen molar-refractivity contribution in [1.29, 1.82) is 0 Å². The first-order valence-corrected chi connectivity index (χ1v) is 8.72. The van der Waals surface area contributed by atoms with Crippen molar-refractivity contribution >= 4 is 34.6 Å². The van der Waals surface area contributed by atoms with Gasteiger partial charge in [0.2, 0.25) is 0 Å². The van der Waals surface area contributed by atoms with Crippen LogP contribution in [0.25, 0.3) is 0 Å². The fourth-order valence-electron chi connectivity index (χ4n) is 2.33. The fourth-order valence-corrected chi connectivity index (χ4v) is 2.72. The Bertz CT molecular complexity index is 856. The zero-order valence-electron chi connectivity index (χ0n) is 13.7. The number of anilines is 2. The summed E-state index contributed by atoms with van der Waals surface area (Å²) < 4.78 is 13.7. The maximum Gasteiger partial charge on any atom is 0.166 e. The van der Waals surface area contributed by atoms with Crippen LogP contribution < -0.4 is 10.6 Å². The van der Waals surface area contributed by atoms with Crippen molar-refractivity contribution in [2.75, 3.05) is 10.6 Å². The van der Waals surface area contributed by atoms with Gasteiger partial charge in [0.05, 0.1) is 0 Å². The van der Waals surface area contributed by atoms with Crippen LogP contribution in [0.1, 0.15) is 5.56 Å². The molecule has 1 heterocycles. The molecule has 0 aliphatic heterocycles. The molecule has 26 heavy (non-hydrogen) atoms. The normalized spacial score (nSPS) is 10.3. The van der Waals surface area contributed by atoms with E-state index in [-0.39, 0.29) is 10.3 Å². The Kier molecular flexibility index (Phi) is 6.10. The largest absolute Gasteiger partial charge is 0.342 e. The van der Waals surface area contributed by atoms with E-state index in [9.17, 15) is 4.39 Å². The molecule has 0 unspecified atom stereocenters. The molecule has 0 bridgehead atoms. The van der Waals surface area contributed by atoms with Gasteiger partial charge in [0.1, 0.15) is 11.0 Å². The summed E-state index contributed by atoms with van der Waals surface area (Å²) in [6, 6.07) is 20.8. The predicted molar refractivity (Wildman–Crippen MR) is 106 cm³/mol. The molecule has 2 N–H and O–H groups in total. The molecule has 6 heteroatoms. The van der Waals surface area contributed by atoms with Crippen LogP contribution in [0.5, 0.6) is 0 Å². The highest BCUT2D eigenvalue weighted by atomic mass is 35.5. The number of halogens is 3. The Morgan fingerprint density at radius 2 is 1.42 bits per heavy atom. The average molecular weight is 388 g/mol. The van der Waals surface area contributed by atoms with Crippen LogP contribution in [0.2, 0.25) is 10.3 Å². The monoisotopic (exact) mass is 387 g/mol. The lowest BCUT2D eigenvalue weighted by Crippen LogP contribution is -2.10. The Labute approximate surface area is 161 Å². The number of nitrogens with one attached hydrogen (secondary N) is 2. The minimum atomic E-state index is -0.590. The fraction of sp³-hybridized carbons (Fsp3) is 0.0500. The van der Waals surface area contributed by atoms with Crippen LogP contribution in [-0.2, 0) is 6.42 Å². The Morgan fingerprint density at radius 3 is 1.96 bits per heavy atom. The van der Waals surface area contributed by atoms with Crippen LogP contribution in [-0.4, -0.2) is 4.98 Å². The molecule has 3 rings (SSSR count). The zero-order chi connectivity index (χ0) is 18.4. The summed E-state index contributed by atoms with van der Waals surface area (Å²) in [5.41, 5.74) is 2.40. The molecule has 1 aromatic heterocycles. The molecule has 0 atom stereocenters. The second-order valence-corrected chi connectivity index (χ2v) is 6.23. The van der Waals surface area contributed by atoms with Crippen molar-refractivity contribution in [2.45, 2.75) is 6.42 Å². The zero-order valence-corrected chi connectivity index (χ0v) is 15.2. The number of hydrogen-bond donors (Lipinski definition) is 2. The third-order valence-corrected chi connectivity index (χ3v) is 4.18. The Hall–Kier alpha value is -2.56. The standard InChI is InChI=1S/C20H16Cl2FN3/c21-19-14(13-17(23)20(22)26-19)11-12-18(24-15-7-3-1-4-8-15)25-16-9-5-2-6-10-16/h1-10,12-13,24-25H,11H2. The molecule has 0 amide bonds. The van der Waals surface area contributed by atoms with Crippen molar-refractivity contribution in [3.05, 3.63) is 100 Å². The number of para-hydroxylation sites is 2. The highest BCUT2D eigenvalue weighted by Gasteiger charge is 2.08. The van der Waals surface area contributed by atoms with Crippen LogP contribution >= 0.6 is 23.2 Å². The summed E-state index contributed by atoms with van der Waals surface area (Å²) in [6.07, 6.45) is 2.27. The van der Waals surface area contributed by atoms with Gasteiger partial charge in [0.15, 0.2) is 11.0 Å². The van der Waals surface area contributed by atoms with E-state index in [1.807, 2.05) is 66.7 Å². The lowest BCUT2D eigenvalue weighted by molar-refractivity contribution is 0.620. The van der Waals surface area contributed by atoms with Crippen molar-refractivity contribution in [3.63, 3.8) is 0 Å². The van der Waals surface area contributed by atoms with E-state index < -0.39 is 5.82 Å². The van der Waals surface area contributed by atoms with Crippen LogP contribution in [0.3, 0.4) is 0 Å². The first-order chi connectivity index (χ1) is 12.6. The first-order valence-electron chi connectivity index (χ1n) is 7.96. The summed E-state index contributed by atoms with van der Waals surface area (Å²) in [5.74, 6) is 0.155. The summed E-state index contributed by atoms with van der Waals surface area (Å²) in [4.78, 5) is 3.80. The van der Waals surface area contributed by atoms with Gasteiger partial charge in [-0.3, -0.25) is 0 Å². The third-order valence-electron chi connectivity index (χ3n) is 3.59. The van der Waals surface area contributed by atoms with Crippen LogP contribution in [0.4, 0.5) is 15.8 Å². The minimum Gasteiger partial charge on any atom is -0.342 e. The van der Waals surface area contributed by atoms with E-state index in [1.165, 1.54) is 6.07 Å². The molecule has 132 valence electrons. The van der Waals surface area contributed by atoms with Gasteiger partial charge in [-0.15, -0.1) is 0 Å². The number of benzene rings is 2. The van der Waals surface area contributed by atoms with Crippen LogP contribution in [0, 0.1) is 5.82 Å². The van der Waals surface area contributed by atoms with E-state index in [2.05, 4.69) is 15.6 Å². The molecule has 2 aromatic carbocycles. The van der Waals surface area contributed by atoms with Gasteiger partial charge in [-0.05, 0) is 48.4 Å². The second-order valence-electron chi connectivity index (χ2n) is 5.51. The summed E-state index contributed by atoms with van der Waals surface area (Å²) in [7, 11) is 0. The SMILES string of the molecule is Fc1cc(CC=C(Nc2ccccc2)Nc2ccccc2)c(Cl)nc1Cl. The molecule has 0 spiro atoms. The van der Waals surface area contributed by atoms with E-state index >= 15 is 0 Å². The van der Waals surface area contributed by atoms with Gasteiger partial charge in [0.25, 0.3) is 0 Å². The number of nitrogens with zero attached hydrogens (tertiary/aromatic N) is 1. The molecule has 0 fully saturated rings. The van der Waals surface area contributed by atoms with Crippen molar-refractivity contribution in [1.82, 2.24) is 4.98 Å². The van der Waals surface area contributed by atoms with E-state index in [0.717, 1.165) is 17.2 Å². The van der Waals surface area contributed by atoms with Crippen molar-refractivity contribution < 1.29 is 4.39 Å². The summed E-state index contributed by atoms with van der Waals surface area (Å²) in [5, 5.41) is 6.58. The topological polar surface area (TPSA) is 37.0 Å². The Balaban J connectivity index is 1.84. The average Bonchev–Trinajstić information content (AvgIpc) is 2.65. The maximum atomic E-state index is 13.7. The molecular formula is C20H16Cl2FN3. The number of rotatable bonds is 6. The van der Waals surface area contributed by atoms with Crippen LogP contribution in [0.15, 0.2) is 78.6 Å². The number of allylic oxidation sites excluding steroid dienone is 1. The summed E-state index contributed by atoms with van der Waals surface area (Å²) >= 11 is 11.7. The molecular weight excluding hydrogens is 372 g/mol. The van der Waals surface area contributed by atoms with Gasteiger partial charge in [-0.2, -0.15) is 0 Å². The maximum absolute atomic E-state index is 13.7. The highest BCUT2D eigenvalue weighted by molar-refractivity contribution is 6.32. The highest BCUT2D eigenvalue weighted by Crippen LogP contribution is 2.22. The molecule has 0 saturated carbocycles. The predicted octanol–water partition coefficient (Wildman–Crippen LogP) is 6.14. The number of hydrogen-bond acceptors (Lipinski definition) is 3. The number of aromatic nitrogens is 1. The molecule has 3 aromatic rings. The summed E-state index contributed by atoms with van der Waals surface area (Å²) in [6.45, 7) is 0. The first kappa shape index (κ1) is 18.2. The quantitative estimate of drug-likeness (QED) is 0.499. The van der Waals surface area contributed by atoms with Gasteiger partial charge in [-0.25, -0.2) is 9.37 Å². The van der Waals surface area contributed by atoms with E-state index in [4.69, 9.17) is 23.2 Å². The Morgan fingerprint density at radius 1 is 0.885 bits per heavy atom. The number of pyridine rings is 1. The van der Waals surface area contributed by atoms with Crippen molar-refractivity contribution in [3.8, 4) is 0 Å². The molecule has 3 nitrogen and oxygen atoms in total. The minimum absolute atomic E-state index is 0.187. The van der Waals surface area contributed by atoms with E-state index in [1.54, 1.807) is 0 Å². The van der Waals surface area contributed by atoms with Gasteiger partial charge < -0.3 is 10.6 Å².